The average Bonchev–Trinajstić information content (AvgIpc) is 2.43. The molecule has 1 atom stereocenters. The highest BCUT2D eigenvalue weighted by molar-refractivity contribution is 8.14. The van der Waals surface area contributed by atoms with E-state index in [2.05, 4.69) is 0 Å². The zero-order valence-corrected chi connectivity index (χ0v) is 11.3. The fraction of sp³-hybridized carbons (Fsp3) is 0.200. The van der Waals surface area contributed by atoms with E-state index < -0.39 is 11.9 Å². The zero-order chi connectivity index (χ0) is 13.8. The minimum atomic E-state index is -0.877. The molecule has 0 bridgehead atoms. The first-order chi connectivity index (χ1) is 9.09. The van der Waals surface area contributed by atoms with E-state index in [4.69, 9.17) is 5.11 Å². The fourth-order valence-corrected chi connectivity index (χ4v) is 2.63. The highest BCUT2D eigenvalue weighted by atomic mass is 32.2. The fourth-order valence-electron chi connectivity index (χ4n) is 1.75. The lowest BCUT2D eigenvalue weighted by Crippen LogP contribution is -2.13. The van der Waals surface area contributed by atoms with Crippen molar-refractivity contribution in [2.45, 2.75) is 6.92 Å². The molecule has 0 fully saturated rings. The average molecular weight is 274 g/mol. The predicted molar refractivity (Wildman–Crippen MR) is 77.5 cm³/mol. The number of carboxylic acid groups (broad SMARTS) is 1. The molecular formula is C15H14O3S. The molecule has 98 valence electrons. The Hall–Kier alpha value is -1.81. The number of fused-ring (bicyclic) bond motifs is 1. The molecule has 19 heavy (non-hydrogen) atoms. The molecule has 0 heterocycles. The number of hydrogen-bond donors (Lipinski definition) is 1. The predicted octanol–water partition coefficient (Wildman–Crippen LogP) is 3.43. The van der Waals surface area contributed by atoms with E-state index >= 15 is 0 Å². The summed E-state index contributed by atoms with van der Waals surface area (Å²) in [6, 6.07) is 13.3. The molecule has 0 aliphatic rings. The van der Waals surface area contributed by atoms with Gasteiger partial charge in [0.15, 0.2) is 0 Å². The summed E-state index contributed by atoms with van der Waals surface area (Å²) in [6.45, 7) is 1.60. The van der Waals surface area contributed by atoms with Crippen molar-refractivity contribution < 1.29 is 14.7 Å². The molecule has 2 aromatic rings. The van der Waals surface area contributed by atoms with Gasteiger partial charge in [-0.1, -0.05) is 55.1 Å². The van der Waals surface area contributed by atoms with Crippen LogP contribution < -0.4 is 0 Å². The second kappa shape index (κ2) is 5.89. The van der Waals surface area contributed by atoms with Gasteiger partial charge in [-0.3, -0.25) is 9.59 Å². The van der Waals surface area contributed by atoms with Crippen LogP contribution in [0.15, 0.2) is 42.5 Å². The van der Waals surface area contributed by atoms with Crippen LogP contribution in [-0.2, 0) is 4.79 Å². The molecule has 2 rings (SSSR count). The van der Waals surface area contributed by atoms with Crippen molar-refractivity contribution in [2.24, 2.45) is 5.92 Å². The Balaban J connectivity index is 2.20. The number of carbonyl (C=O) groups excluding carboxylic acids is 1. The quantitative estimate of drug-likeness (QED) is 0.928. The largest absolute Gasteiger partial charge is 0.481 e. The Kier molecular flexibility index (Phi) is 4.22. The summed E-state index contributed by atoms with van der Waals surface area (Å²) < 4.78 is 0. The summed E-state index contributed by atoms with van der Waals surface area (Å²) in [5.41, 5.74) is 0.640. The van der Waals surface area contributed by atoms with E-state index in [1.807, 2.05) is 36.4 Å². The van der Waals surface area contributed by atoms with Crippen LogP contribution in [0.25, 0.3) is 10.8 Å². The summed E-state index contributed by atoms with van der Waals surface area (Å²) >= 11 is 1.06. The Labute approximate surface area is 115 Å². The summed E-state index contributed by atoms with van der Waals surface area (Å²) in [7, 11) is 0. The van der Waals surface area contributed by atoms with Gasteiger partial charge in [0, 0.05) is 11.3 Å². The van der Waals surface area contributed by atoms with Crippen LogP contribution in [0.4, 0.5) is 0 Å². The monoisotopic (exact) mass is 274 g/mol. The maximum atomic E-state index is 12.2. The van der Waals surface area contributed by atoms with E-state index in [0.717, 1.165) is 22.5 Å². The van der Waals surface area contributed by atoms with E-state index in [1.54, 1.807) is 13.0 Å². The molecule has 0 aliphatic carbocycles. The number of carbonyl (C=O) groups is 2. The Morgan fingerprint density at radius 1 is 1.16 bits per heavy atom. The Morgan fingerprint density at radius 3 is 2.58 bits per heavy atom. The number of hydrogen-bond acceptors (Lipinski definition) is 3. The molecule has 0 saturated carbocycles. The third kappa shape index (κ3) is 3.15. The zero-order valence-electron chi connectivity index (χ0n) is 10.5. The molecular weight excluding hydrogens is 260 g/mol. The summed E-state index contributed by atoms with van der Waals surface area (Å²) in [5.74, 6) is -1.11. The molecule has 0 radical (unpaired) electrons. The minimum Gasteiger partial charge on any atom is -0.481 e. The minimum absolute atomic E-state index is 0.0788. The molecule has 2 aromatic carbocycles. The van der Waals surface area contributed by atoms with Gasteiger partial charge < -0.3 is 5.11 Å². The lowest BCUT2D eigenvalue weighted by Gasteiger charge is -2.07. The van der Waals surface area contributed by atoms with Crippen LogP contribution in [0.5, 0.6) is 0 Å². The van der Waals surface area contributed by atoms with Gasteiger partial charge in [-0.05, 0) is 16.8 Å². The van der Waals surface area contributed by atoms with Crippen molar-refractivity contribution in [1.29, 1.82) is 0 Å². The third-order valence-corrected chi connectivity index (χ3v) is 4.04. The highest BCUT2D eigenvalue weighted by Crippen LogP contribution is 2.23. The van der Waals surface area contributed by atoms with Gasteiger partial charge in [0.2, 0.25) is 5.12 Å². The number of thioether (sulfide) groups is 1. The maximum absolute atomic E-state index is 12.2. The Morgan fingerprint density at radius 2 is 1.84 bits per heavy atom. The van der Waals surface area contributed by atoms with Crippen LogP contribution in [0.2, 0.25) is 0 Å². The molecule has 0 aromatic heterocycles. The standard InChI is InChI=1S/C15H14O3S/c1-10(14(16)17)9-19-15(18)13-8-4-6-11-5-2-3-7-12(11)13/h2-8,10H,9H2,1H3,(H,16,17). The smallest absolute Gasteiger partial charge is 0.307 e. The second-order valence-electron chi connectivity index (χ2n) is 4.36. The van der Waals surface area contributed by atoms with E-state index in [-0.39, 0.29) is 10.9 Å². The van der Waals surface area contributed by atoms with Crippen LogP contribution in [0.3, 0.4) is 0 Å². The second-order valence-corrected chi connectivity index (χ2v) is 5.36. The first kappa shape index (κ1) is 13.6. The van der Waals surface area contributed by atoms with Gasteiger partial charge in [0.05, 0.1) is 5.92 Å². The van der Waals surface area contributed by atoms with Crippen LogP contribution in [0, 0.1) is 5.92 Å². The van der Waals surface area contributed by atoms with Gasteiger partial charge in [0.25, 0.3) is 0 Å². The van der Waals surface area contributed by atoms with Gasteiger partial charge in [-0.15, -0.1) is 0 Å². The Bertz CT molecular complexity index is 616. The normalized spacial score (nSPS) is 12.3. The van der Waals surface area contributed by atoms with Gasteiger partial charge in [-0.25, -0.2) is 0 Å². The van der Waals surface area contributed by atoms with E-state index in [1.165, 1.54) is 0 Å². The molecule has 0 saturated heterocycles. The number of aliphatic carboxylic acids is 1. The summed E-state index contributed by atoms with van der Waals surface area (Å²) in [5, 5.41) is 10.7. The van der Waals surface area contributed by atoms with Gasteiger partial charge in [-0.2, -0.15) is 0 Å². The summed E-state index contributed by atoms with van der Waals surface area (Å²) in [4.78, 5) is 22.9. The lowest BCUT2D eigenvalue weighted by molar-refractivity contribution is -0.140. The number of rotatable bonds is 4. The van der Waals surface area contributed by atoms with E-state index in [9.17, 15) is 9.59 Å². The first-order valence-corrected chi connectivity index (χ1v) is 6.96. The van der Waals surface area contributed by atoms with Crippen molar-refractivity contribution >= 4 is 33.6 Å². The van der Waals surface area contributed by atoms with Crippen molar-refractivity contribution in [1.82, 2.24) is 0 Å². The molecule has 1 N–H and O–H groups in total. The number of carboxylic acids is 1. The first-order valence-electron chi connectivity index (χ1n) is 5.97. The van der Waals surface area contributed by atoms with Gasteiger partial charge in [0.1, 0.15) is 0 Å². The van der Waals surface area contributed by atoms with Crippen molar-refractivity contribution in [3.63, 3.8) is 0 Å². The van der Waals surface area contributed by atoms with E-state index in [0.29, 0.717) is 5.56 Å². The molecule has 0 aliphatic heterocycles. The summed E-state index contributed by atoms with van der Waals surface area (Å²) in [6.07, 6.45) is 0. The SMILES string of the molecule is CC(CSC(=O)c1cccc2ccccc12)C(=O)O. The molecule has 1 unspecified atom stereocenters. The third-order valence-electron chi connectivity index (χ3n) is 2.90. The topological polar surface area (TPSA) is 54.4 Å². The van der Waals surface area contributed by atoms with Gasteiger partial charge >= 0.3 is 5.97 Å². The van der Waals surface area contributed by atoms with Crippen molar-refractivity contribution in [2.75, 3.05) is 5.75 Å². The molecule has 0 amide bonds. The van der Waals surface area contributed by atoms with Crippen molar-refractivity contribution in [3.05, 3.63) is 48.0 Å². The molecule has 3 nitrogen and oxygen atoms in total. The lowest BCUT2D eigenvalue weighted by atomic mass is 10.1. The maximum Gasteiger partial charge on any atom is 0.307 e. The van der Waals surface area contributed by atoms with Crippen LogP contribution >= 0.6 is 11.8 Å². The van der Waals surface area contributed by atoms with Crippen LogP contribution in [0.1, 0.15) is 17.3 Å². The highest BCUT2D eigenvalue weighted by Gasteiger charge is 2.16. The molecule has 0 spiro atoms. The number of benzene rings is 2. The molecule has 4 heteroatoms. The van der Waals surface area contributed by atoms with Crippen molar-refractivity contribution in [3.8, 4) is 0 Å². The van der Waals surface area contributed by atoms with Crippen LogP contribution in [-0.4, -0.2) is 21.9 Å².